The first-order chi connectivity index (χ1) is 13.4. The van der Waals surface area contributed by atoms with Crippen LogP contribution in [0.5, 0.6) is 5.75 Å². The first-order valence-electron chi connectivity index (χ1n) is 8.25. The molecule has 8 heteroatoms. The van der Waals surface area contributed by atoms with Gasteiger partial charge in [-0.1, -0.05) is 12.1 Å². The summed E-state index contributed by atoms with van der Waals surface area (Å²) in [6.45, 7) is 0. The molecule has 0 fully saturated rings. The summed E-state index contributed by atoms with van der Waals surface area (Å²) in [7, 11) is 2.46. The van der Waals surface area contributed by atoms with Gasteiger partial charge in [-0.25, -0.2) is 14.7 Å². The van der Waals surface area contributed by atoms with Gasteiger partial charge in [0.25, 0.3) is 5.91 Å². The van der Waals surface area contributed by atoms with Crippen molar-refractivity contribution in [2.45, 2.75) is 6.42 Å². The lowest BCUT2D eigenvalue weighted by Crippen LogP contribution is -2.22. The molecular weight excluding hydrogens is 367 g/mol. The molecule has 2 aromatic carbocycles. The quantitative estimate of drug-likeness (QED) is 0.519. The number of phenols is 1. The van der Waals surface area contributed by atoms with Crippen LogP contribution in [0.3, 0.4) is 0 Å². The summed E-state index contributed by atoms with van der Waals surface area (Å²) in [6.07, 6.45) is 1.96. The van der Waals surface area contributed by atoms with Crippen LogP contribution in [0.1, 0.15) is 31.8 Å². The van der Waals surface area contributed by atoms with E-state index in [0.717, 1.165) is 11.1 Å². The molecule has 0 saturated heterocycles. The summed E-state index contributed by atoms with van der Waals surface area (Å²) < 4.78 is 17.9. The molecular formula is C20H17FN2O5. The predicted molar refractivity (Wildman–Crippen MR) is 98.4 cm³/mol. The molecule has 3 aromatic rings. The number of fused-ring (bicyclic) bond motifs is 1. The first-order valence-corrected chi connectivity index (χ1v) is 8.25. The van der Waals surface area contributed by atoms with Crippen LogP contribution in [0.4, 0.5) is 4.39 Å². The van der Waals surface area contributed by atoms with Crippen molar-refractivity contribution in [1.29, 1.82) is 0 Å². The van der Waals surface area contributed by atoms with Crippen LogP contribution in [-0.4, -0.2) is 36.2 Å². The van der Waals surface area contributed by atoms with Crippen molar-refractivity contribution in [3.8, 4) is 5.75 Å². The maximum Gasteiger partial charge on any atom is 0.338 e. The van der Waals surface area contributed by atoms with Crippen molar-refractivity contribution in [3.05, 3.63) is 70.7 Å². The highest BCUT2D eigenvalue weighted by Gasteiger charge is 2.22. The predicted octanol–water partition coefficient (Wildman–Crippen LogP) is 2.75. The van der Waals surface area contributed by atoms with Crippen molar-refractivity contribution in [1.82, 2.24) is 10.5 Å². The van der Waals surface area contributed by atoms with E-state index in [1.165, 1.54) is 38.6 Å². The number of amides is 1. The Morgan fingerprint density at radius 1 is 1.11 bits per heavy atom. The minimum absolute atomic E-state index is 0.0741. The summed E-state index contributed by atoms with van der Waals surface area (Å²) in [5, 5.41) is 10.8. The number of aromatic hydroxyl groups is 1. The first kappa shape index (κ1) is 19.2. The van der Waals surface area contributed by atoms with Crippen LogP contribution in [0.25, 0.3) is 10.9 Å². The van der Waals surface area contributed by atoms with Crippen LogP contribution in [0.15, 0.2) is 42.6 Å². The molecule has 144 valence electrons. The van der Waals surface area contributed by atoms with Gasteiger partial charge in [0.15, 0.2) is 5.75 Å². The summed E-state index contributed by atoms with van der Waals surface area (Å²) in [4.78, 5) is 33.1. The fourth-order valence-corrected chi connectivity index (χ4v) is 2.85. The molecule has 0 saturated carbocycles. The van der Waals surface area contributed by atoms with E-state index in [1.54, 1.807) is 18.2 Å². The molecule has 0 radical (unpaired) electrons. The molecule has 0 atom stereocenters. The van der Waals surface area contributed by atoms with Crippen LogP contribution in [-0.2, 0) is 16.0 Å². The van der Waals surface area contributed by atoms with E-state index in [4.69, 9.17) is 4.74 Å². The van der Waals surface area contributed by atoms with Crippen molar-refractivity contribution in [2.24, 2.45) is 0 Å². The van der Waals surface area contributed by atoms with E-state index in [1.807, 2.05) is 0 Å². The van der Waals surface area contributed by atoms with Crippen molar-refractivity contribution in [3.63, 3.8) is 0 Å². The lowest BCUT2D eigenvalue weighted by molar-refractivity contribution is 0.0535. The minimum Gasteiger partial charge on any atom is -0.505 e. The van der Waals surface area contributed by atoms with Crippen molar-refractivity contribution in [2.75, 3.05) is 14.2 Å². The van der Waals surface area contributed by atoms with Gasteiger partial charge in [-0.2, -0.15) is 0 Å². The number of aromatic nitrogens is 1. The molecule has 0 unspecified atom stereocenters. The number of carbonyl (C=O) groups excluding carboxylic acids is 2. The average Bonchev–Trinajstić information content (AvgIpc) is 2.69. The fraction of sp³-hybridized carbons (Fsp3) is 0.150. The molecule has 1 amide bonds. The van der Waals surface area contributed by atoms with Gasteiger partial charge in [-0.3, -0.25) is 14.6 Å². The number of benzene rings is 2. The summed E-state index contributed by atoms with van der Waals surface area (Å²) in [6, 6.07) is 8.91. The molecule has 0 bridgehead atoms. The Morgan fingerprint density at radius 2 is 1.82 bits per heavy atom. The third-order valence-corrected chi connectivity index (χ3v) is 4.17. The molecule has 28 heavy (non-hydrogen) atoms. The van der Waals surface area contributed by atoms with E-state index in [9.17, 15) is 19.1 Å². The van der Waals surface area contributed by atoms with Crippen LogP contribution >= 0.6 is 0 Å². The molecule has 0 aliphatic rings. The second-order valence-electron chi connectivity index (χ2n) is 5.99. The van der Waals surface area contributed by atoms with Crippen LogP contribution < -0.4 is 5.48 Å². The van der Waals surface area contributed by atoms with E-state index in [2.05, 4.69) is 15.3 Å². The number of hydroxylamine groups is 1. The lowest BCUT2D eigenvalue weighted by atomic mass is 9.99. The smallest absolute Gasteiger partial charge is 0.338 e. The zero-order chi connectivity index (χ0) is 20.3. The number of phenolic OH excluding ortho intramolecular Hbond substituents is 1. The van der Waals surface area contributed by atoms with Gasteiger partial charge in [0.2, 0.25) is 0 Å². The van der Waals surface area contributed by atoms with Gasteiger partial charge in [0.1, 0.15) is 11.3 Å². The number of rotatable bonds is 5. The second kappa shape index (κ2) is 8.01. The Labute approximate surface area is 159 Å². The second-order valence-corrected chi connectivity index (χ2v) is 5.99. The fourth-order valence-electron chi connectivity index (χ4n) is 2.85. The maximum atomic E-state index is 13.1. The number of ether oxygens (including phenoxy) is 1. The zero-order valence-electron chi connectivity index (χ0n) is 15.2. The Kier molecular flexibility index (Phi) is 5.51. The van der Waals surface area contributed by atoms with Gasteiger partial charge in [0.05, 0.1) is 25.3 Å². The van der Waals surface area contributed by atoms with Gasteiger partial charge < -0.3 is 9.84 Å². The van der Waals surface area contributed by atoms with Gasteiger partial charge in [0, 0.05) is 11.6 Å². The standard InChI is InChI=1S/C20H17FN2O5/c1-27-20(26)15-9-16(19(25)23-28-2)18(24)17-14(15)8-12(10-22-17)7-11-3-5-13(21)6-4-11/h3-6,8-10,24H,7H2,1-2H3,(H,23,25). The summed E-state index contributed by atoms with van der Waals surface area (Å²) in [5.74, 6) is -2.13. The third kappa shape index (κ3) is 3.77. The van der Waals surface area contributed by atoms with Crippen LogP contribution in [0, 0.1) is 5.82 Å². The molecule has 1 aromatic heterocycles. The molecule has 0 aliphatic heterocycles. The number of nitrogens with zero attached hydrogens (tertiary/aromatic N) is 1. The Hall–Kier alpha value is -3.52. The number of esters is 1. The van der Waals surface area contributed by atoms with E-state index in [0.29, 0.717) is 11.8 Å². The zero-order valence-corrected chi connectivity index (χ0v) is 15.2. The highest BCUT2D eigenvalue weighted by Crippen LogP contribution is 2.32. The van der Waals surface area contributed by atoms with E-state index >= 15 is 0 Å². The lowest BCUT2D eigenvalue weighted by Gasteiger charge is -2.12. The highest BCUT2D eigenvalue weighted by atomic mass is 19.1. The molecule has 7 nitrogen and oxygen atoms in total. The van der Waals surface area contributed by atoms with Crippen LogP contribution in [0.2, 0.25) is 0 Å². The Morgan fingerprint density at radius 3 is 2.46 bits per heavy atom. The molecule has 1 heterocycles. The van der Waals surface area contributed by atoms with Gasteiger partial charge >= 0.3 is 5.97 Å². The Balaban J connectivity index is 2.12. The van der Waals surface area contributed by atoms with Gasteiger partial charge in [-0.15, -0.1) is 0 Å². The monoisotopic (exact) mass is 384 g/mol. The average molecular weight is 384 g/mol. The van der Waals surface area contributed by atoms with Gasteiger partial charge in [-0.05, 0) is 41.8 Å². The number of hydrogen-bond donors (Lipinski definition) is 2. The summed E-state index contributed by atoms with van der Waals surface area (Å²) >= 11 is 0. The minimum atomic E-state index is -0.732. The Bertz CT molecular complexity index is 1050. The van der Waals surface area contributed by atoms with Crippen molar-refractivity contribution < 1.29 is 28.7 Å². The topological polar surface area (TPSA) is 97.8 Å². The highest BCUT2D eigenvalue weighted by molar-refractivity contribution is 6.10. The molecule has 0 aliphatic carbocycles. The SMILES string of the molecule is CONC(=O)c1cc(C(=O)OC)c2cc(Cc3ccc(F)cc3)cnc2c1O. The maximum absolute atomic E-state index is 13.1. The largest absolute Gasteiger partial charge is 0.505 e. The number of carbonyl (C=O) groups is 2. The van der Waals surface area contributed by atoms with E-state index in [-0.39, 0.29) is 28.2 Å². The summed E-state index contributed by atoms with van der Waals surface area (Å²) in [5.41, 5.74) is 3.65. The number of methoxy groups -OCH3 is 1. The molecule has 3 rings (SSSR count). The number of pyridine rings is 1. The van der Waals surface area contributed by atoms with E-state index < -0.39 is 11.9 Å². The number of hydrogen-bond acceptors (Lipinski definition) is 6. The third-order valence-electron chi connectivity index (χ3n) is 4.17. The number of halogens is 1. The normalized spacial score (nSPS) is 10.7. The molecule has 0 spiro atoms. The number of nitrogens with one attached hydrogen (secondary N) is 1. The molecule has 2 N–H and O–H groups in total. The van der Waals surface area contributed by atoms with Crippen molar-refractivity contribution >= 4 is 22.8 Å².